The van der Waals surface area contributed by atoms with Gasteiger partial charge < -0.3 is 9.88 Å². The molecule has 1 amide bonds. The van der Waals surface area contributed by atoms with Crippen molar-refractivity contribution in [2.75, 3.05) is 6.54 Å². The average Bonchev–Trinajstić information content (AvgIpc) is 2.82. The van der Waals surface area contributed by atoms with Gasteiger partial charge in [-0.3, -0.25) is 4.79 Å². The molecule has 2 heterocycles. The molecule has 1 N–H and O–H groups in total. The first-order valence-electron chi connectivity index (χ1n) is 5.27. The number of nitrogens with one attached hydrogen (secondary N) is 1. The van der Waals surface area contributed by atoms with Crippen LogP contribution in [0.5, 0.6) is 0 Å². The Labute approximate surface area is 104 Å². The Morgan fingerprint density at radius 2 is 2.06 bits per heavy atom. The van der Waals surface area contributed by atoms with Crippen molar-refractivity contribution in [3.05, 3.63) is 53.6 Å². The van der Waals surface area contributed by atoms with E-state index in [0.717, 1.165) is 6.54 Å². The molecule has 17 heavy (non-hydrogen) atoms. The lowest BCUT2D eigenvalue weighted by Gasteiger charge is -2.05. The summed E-state index contributed by atoms with van der Waals surface area (Å²) in [6, 6.07) is 8.87. The van der Waals surface area contributed by atoms with E-state index in [4.69, 9.17) is 11.6 Å². The second kappa shape index (κ2) is 5.50. The standard InChI is InChI=1S/C12H12ClN3O/c13-11-5-3-4-10(15-11)12(17)14-6-9-16-7-1-2-8-16/h1-5,7-8H,6,9H2,(H,14,17). The number of halogens is 1. The number of nitrogens with zero attached hydrogens (tertiary/aromatic N) is 2. The second-order valence-electron chi connectivity index (χ2n) is 3.52. The van der Waals surface area contributed by atoms with E-state index in [1.54, 1.807) is 18.2 Å². The minimum atomic E-state index is -0.209. The molecule has 2 rings (SSSR count). The van der Waals surface area contributed by atoms with Gasteiger partial charge in [0.15, 0.2) is 0 Å². The summed E-state index contributed by atoms with van der Waals surface area (Å²) in [4.78, 5) is 15.6. The number of hydrogen-bond donors (Lipinski definition) is 1. The fourth-order valence-corrected chi connectivity index (χ4v) is 1.61. The van der Waals surface area contributed by atoms with Crippen molar-refractivity contribution in [1.82, 2.24) is 14.9 Å². The molecule has 0 radical (unpaired) electrons. The average molecular weight is 250 g/mol. The molecule has 0 fully saturated rings. The van der Waals surface area contributed by atoms with Crippen molar-refractivity contribution in [2.45, 2.75) is 6.54 Å². The van der Waals surface area contributed by atoms with Crippen LogP contribution < -0.4 is 5.32 Å². The van der Waals surface area contributed by atoms with Crippen LogP contribution in [0, 0.1) is 0 Å². The maximum Gasteiger partial charge on any atom is 0.270 e. The minimum absolute atomic E-state index is 0.209. The number of hydrogen-bond acceptors (Lipinski definition) is 2. The molecule has 0 atom stereocenters. The molecule has 0 aliphatic heterocycles. The number of carbonyl (C=O) groups excluding carboxylic acids is 1. The van der Waals surface area contributed by atoms with Crippen LogP contribution >= 0.6 is 11.6 Å². The number of rotatable bonds is 4. The smallest absolute Gasteiger partial charge is 0.270 e. The number of pyridine rings is 1. The van der Waals surface area contributed by atoms with Crippen molar-refractivity contribution >= 4 is 17.5 Å². The van der Waals surface area contributed by atoms with E-state index in [1.165, 1.54) is 0 Å². The molecular weight excluding hydrogens is 238 g/mol. The van der Waals surface area contributed by atoms with E-state index in [9.17, 15) is 4.79 Å². The Morgan fingerprint density at radius 1 is 1.29 bits per heavy atom. The Kier molecular flexibility index (Phi) is 3.77. The summed E-state index contributed by atoms with van der Waals surface area (Å²) in [5, 5.41) is 3.11. The van der Waals surface area contributed by atoms with Gasteiger partial charge in [0, 0.05) is 25.5 Å². The molecule has 0 bridgehead atoms. The predicted octanol–water partition coefficient (Wildman–Crippen LogP) is 1.97. The molecule has 2 aromatic rings. The van der Waals surface area contributed by atoms with E-state index in [-0.39, 0.29) is 5.91 Å². The first-order chi connectivity index (χ1) is 8.25. The van der Waals surface area contributed by atoms with Gasteiger partial charge in [0.05, 0.1) is 0 Å². The number of aromatic nitrogens is 2. The third kappa shape index (κ3) is 3.32. The van der Waals surface area contributed by atoms with Crippen LogP contribution in [0.1, 0.15) is 10.5 Å². The Hall–Kier alpha value is -1.81. The summed E-state index contributed by atoms with van der Waals surface area (Å²) >= 11 is 5.71. The quantitative estimate of drug-likeness (QED) is 0.842. The van der Waals surface area contributed by atoms with Crippen LogP contribution in [-0.4, -0.2) is 22.0 Å². The second-order valence-corrected chi connectivity index (χ2v) is 3.91. The Morgan fingerprint density at radius 3 is 2.76 bits per heavy atom. The summed E-state index contributed by atoms with van der Waals surface area (Å²) < 4.78 is 1.99. The van der Waals surface area contributed by atoms with Crippen LogP contribution in [-0.2, 0) is 6.54 Å². The Bertz CT molecular complexity index is 496. The Balaban J connectivity index is 1.85. The highest BCUT2D eigenvalue weighted by atomic mass is 35.5. The van der Waals surface area contributed by atoms with Crippen LogP contribution in [0.4, 0.5) is 0 Å². The van der Waals surface area contributed by atoms with Gasteiger partial charge in [-0.05, 0) is 24.3 Å². The van der Waals surface area contributed by atoms with E-state index in [2.05, 4.69) is 10.3 Å². The molecule has 0 aliphatic rings. The molecule has 2 aromatic heterocycles. The van der Waals surface area contributed by atoms with E-state index >= 15 is 0 Å². The van der Waals surface area contributed by atoms with E-state index < -0.39 is 0 Å². The van der Waals surface area contributed by atoms with Crippen LogP contribution in [0.15, 0.2) is 42.7 Å². The summed E-state index contributed by atoms with van der Waals surface area (Å²) in [5.74, 6) is -0.209. The van der Waals surface area contributed by atoms with Crippen molar-refractivity contribution in [1.29, 1.82) is 0 Å². The molecular formula is C12H12ClN3O. The lowest BCUT2D eigenvalue weighted by Crippen LogP contribution is -2.27. The van der Waals surface area contributed by atoms with E-state index in [0.29, 0.717) is 17.4 Å². The van der Waals surface area contributed by atoms with E-state index in [1.807, 2.05) is 29.1 Å². The third-order valence-electron chi connectivity index (χ3n) is 2.27. The lowest BCUT2D eigenvalue weighted by molar-refractivity contribution is 0.0947. The van der Waals surface area contributed by atoms with Crippen molar-refractivity contribution in [3.63, 3.8) is 0 Å². The zero-order valence-corrected chi connectivity index (χ0v) is 9.89. The minimum Gasteiger partial charge on any atom is -0.353 e. The molecule has 0 saturated carbocycles. The fourth-order valence-electron chi connectivity index (χ4n) is 1.44. The maximum atomic E-state index is 11.7. The monoisotopic (exact) mass is 249 g/mol. The lowest BCUT2D eigenvalue weighted by atomic mass is 10.3. The first kappa shape index (κ1) is 11.7. The molecule has 5 heteroatoms. The number of amides is 1. The predicted molar refractivity (Wildman–Crippen MR) is 66.0 cm³/mol. The van der Waals surface area contributed by atoms with Gasteiger partial charge >= 0.3 is 0 Å². The van der Waals surface area contributed by atoms with Crippen molar-refractivity contribution in [3.8, 4) is 0 Å². The first-order valence-corrected chi connectivity index (χ1v) is 5.65. The van der Waals surface area contributed by atoms with Gasteiger partial charge in [-0.1, -0.05) is 17.7 Å². The summed E-state index contributed by atoms with van der Waals surface area (Å²) in [7, 11) is 0. The molecule has 0 spiro atoms. The van der Waals surface area contributed by atoms with Crippen molar-refractivity contribution in [2.24, 2.45) is 0 Å². The normalized spacial score (nSPS) is 10.2. The van der Waals surface area contributed by atoms with Gasteiger partial charge in [0.2, 0.25) is 0 Å². The van der Waals surface area contributed by atoms with Gasteiger partial charge in [-0.25, -0.2) is 4.98 Å². The molecule has 4 nitrogen and oxygen atoms in total. The number of carbonyl (C=O) groups is 1. The van der Waals surface area contributed by atoms with Crippen LogP contribution in [0.25, 0.3) is 0 Å². The third-order valence-corrected chi connectivity index (χ3v) is 2.48. The molecule has 0 unspecified atom stereocenters. The SMILES string of the molecule is O=C(NCCn1cccc1)c1cccc(Cl)n1. The zero-order valence-electron chi connectivity index (χ0n) is 9.14. The van der Waals surface area contributed by atoms with Crippen LogP contribution in [0.3, 0.4) is 0 Å². The topological polar surface area (TPSA) is 46.9 Å². The van der Waals surface area contributed by atoms with Crippen LogP contribution in [0.2, 0.25) is 5.15 Å². The van der Waals surface area contributed by atoms with Crippen molar-refractivity contribution < 1.29 is 4.79 Å². The highest BCUT2D eigenvalue weighted by molar-refractivity contribution is 6.29. The molecule has 88 valence electrons. The molecule has 0 aliphatic carbocycles. The van der Waals surface area contributed by atoms with Gasteiger partial charge in [0.1, 0.15) is 10.8 Å². The summed E-state index contributed by atoms with van der Waals surface area (Å²) in [6.07, 6.45) is 3.90. The molecule has 0 saturated heterocycles. The maximum absolute atomic E-state index is 11.7. The van der Waals surface area contributed by atoms with Gasteiger partial charge in [-0.15, -0.1) is 0 Å². The fraction of sp³-hybridized carbons (Fsp3) is 0.167. The highest BCUT2D eigenvalue weighted by Gasteiger charge is 2.06. The summed E-state index contributed by atoms with van der Waals surface area (Å²) in [6.45, 7) is 1.29. The van der Waals surface area contributed by atoms with Gasteiger partial charge in [-0.2, -0.15) is 0 Å². The molecule has 0 aromatic carbocycles. The largest absolute Gasteiger partial charge is 0.353 e. The van der Waals surface area contributed by atoms with Gasteiger partial charge in [0.25, 0.3) is 5.91 Å². The zero-order chi connectivity index (χ0) is 12.1. The summed E-state index contributed by atoms with van der Waals surface area (Å²) in [5.41, 5.74) is 0.338. The highest BCUT2D eigenvalue weighted by Crippen LogP contribution is 2.04.